The Balaban J connectivity index is 1.73. The molecule has 2 rings (SSSR count). The van der Waals surface area contributed by atoms with Gasteiger partial charge in [-0.2, -0.15) is 0 Å². The Hall–Kier alpha value is -0.570. The van der Waals surface area contributed by atoms with Crippen molar-refractivity contribution in [1.29, 1.82) is 0 Å². The molecule has 0 spiro atoms. The maximum Gasteiger partial charge on any atom is 0.234 e. The smallest absolute Gasteiger partial charge is 0.234 e. The average Bonchev–Trinajstić information content (AvgIpc) is 2.55. The number of likely N-dealkylation sites (tertiary alicyclic amines) is 1. The van der Waals surface area contributed by atoms with Crippen LogP contribution in [-0.2, 0) is 4.79 Å². The topological polar surface area (TPSA) is 32.3 Å². The van der Waals surface area contributed by atoms with Crippen LogP contribution in [0.5, 0.6) is 0 Å². The fourth-order valence-electron chi connectivity index (χ4n) is 3.82. The van der Waals surface area contributed by atoms with E-state index in [1.807, 2.05) is 0 Å². The summed E-state index contributed by atoms with van der Waals surface area (Å²) in [5, 5.41) is 3.26. The van der Waals surface area contributed by atoms with Crippen LogP contribution in [0.25, 0.3) is 0 Å². The number of hydrogen-bond acceptors (Lipinski definition) is 2. The second-order valence-corrected chi connectivity index (χ2v) is 6.90. The summed E-state index contributed by atoms with van der Waals surface area (Å²) >= 11 is 0. The van der Waals surface area contributed by atoms with E-state index in [2.05, 4.69) is 24.1 Å². The molecule has 3 nitrogen and oxygen atoms in total. The van der Waals surface area contributed by atoms with E-state index in [1.54, 1.807) is 0 Å². The lowest BCUT2D eigenvalue weighted by Gasteiger charge is -2.34. The third-order valence-electron chi connectivity index (χ3n) is 4.53. The summed E-state index contributed by atoms with van der Waals surface area (Å²) < 4.78 is 0. The minimum Gasteiger partial charge on any atom is -0.352 e. The Labute approximate surface area is 118 Å². The monoisotopic (exact) mass is 266 g/mol. The van der Waals surface area contributed by atoms with Crippen LogP contribution in [-0.4, -0.2) is 36.5 Å². The molecule has 0 aromatic heterocycles. The molecule has 1 aliphatic carbocycles. The van der Waals surface area contributed by atoms with E-state index >= 15 is 0 Å². The van der Waals surface area contributed by atoms with Gasteiger partial charge in [-0.15, -0.1) is 0 Å². The molecule has 1 aliphatic heterocycles. The van der Waals surface area contributed by atoms with E-state index in [-0.39, 0.29) is 5.91 Å². The predicted octanol–water partition coefficient (Wildman–Crippen LogP) is 2.80. The lowest BCUT2D eigenvalue weighted by Crippen LogP contribution is -2.46. The van der Waals surface area contributed by atoms with Crippen molar-refractivity contribution in [2.75, 3.05) is 19.6 Å². The summed E-state index contributed by atoms with van der Waals surface area (Å²) in [6.45, 7) is 7.37. The maximum absolute atomic E-state index is 12.2. The second kappa shape index (κ2) is 7.28. The van der Waals surface area contributed by atoms with E-state index in [9.17, 15) is 4.79 Å². The van der Waals surface area contributed by atoms with E-state index < -0.39 is 0 Å². The van der Waals surface area contributed by atoms with Crippen LogP contribution in [0.4, 0.5) is 0 Å². The Bertz CT molecular complexity index is 274. The largest absolute Gasteiger partial charge is 0.352 e. The summed E-state index contributed by atoms with van der Waals surface area (Å²) in [4.78, 5) is 14.5. The van der Waals surface area contributed by atoms with Gasteiger partial charge in [0.25, 0.3) is 0 Å². The van der Waals surface area contributed by atoms with Gasteiger partial charge < -0.3 is 5.32 Å². The number of carbonyl (C=O) groups is 1. The molecule has 110 valence electrons. The number of rotatable bonds is 3. The maximum atomic E-state index is 12.2. The van der Waals surface area contributed by atoms with Gasteiger partial charge >= 0.3 is 0 Å². The first-order valence-corrected chi connectivity index (χ1v) is 8.15. The molecule has 2 atom stereocenters. The first-order valence-electron chi connectivity index (χ1n) is 8.15. The summed E-state index contributed by atoms with van der Waals surface area (Å²) in [6, 6.07) is 0.439. The van der Waals surface area contributed by atoms with Crippen LogP contribution in [0.15, 0.2) is 0 Å². The number of piperidine rings is 1. The van der Waals surface area contributed by atoms with Gasteiger partial charge in [0.15, 0.2) is 0 Å². The average molecular weight is 266 g/mol. The van der Waals surface area contributed by atoms with Crippen LogP contribution < -0.4 is 5.32 Å². The fraction of sp³-hybridized carbons (Fsp3) is 0.938. The van der Waals surface area contributed by atoms with Crippen molar-refractivity contribution in [1.82, 2.24) is 10.2 Å². The zero-order valence-electron chi connectivity index (χ0n) is 12.7. The van der Waals surface area contributed by atoms with Gasteiger partial charge in [-0.05, 0) is 31.1 Å². The summed E-state index contributed by atoms with van der Waals surface area (Å²) in [5.74, 6) is 1.71. The molecule has 19 heavy (non-hydrogen) atoms. The van der Waals surface area contributed by atoms with Crippen molar-refractivity contribution in [3.05, 3.63) is 0 Å². The lowest BCUT2D eigenvalue weighted by atomic mass is 9.92. The quantitative estimate of drug-likeness (QED) is 0.797. The van der Waals surface area contributed by atoms with Gasteiger partial charge in [0, 0.05) is 19.1 Å². The normalized spacial score (nSPS) is 30.8. The van der Waals surface area contributed by atoms with Gasteiger partial charge in [-0.25, -0.2) is 0 Å². The molecular formula is C16H30N2O. The number of amides is 1. The van der Waals surface area contributed by atoms with Gasteiger partial charge in [-0.1, -0.05) is 39.5 Å². The zero-order valence-corrected chi connectivity index (χ0v) is 12.7. The van der Waals surface area contributed by atoms with Crippen molar-refractivity contribution < 1.29 is 4.79 Å². The Kier molecular flexibility index (Phi) is 5.68. The lowest BCUT2D eigenvalue weighted by molar-refractivity contribution is -0.123. The molecule has 0 bridgehead atoms. The van der Waals surface area contributed by atoms with Crippen LogP contribution in [0.3, 0.4) is 0 Å². The van der Waals surface area contributed by atoms with Crippen LogP contribution >= 0.6 is 0 Å². The SMILES string of the molecule is C[C@@H]1C[C@@H](C)CN(CC(=O)NC2CCCCCC2)C1. The molecule has 0 aromatic rings. The predicted molar refractivity (Wildman–Crippen MR) is 79.0 cm³/mol. The summed E-state index contributed by atoms with van der Waals surface area (Å²) in [7, 11) is 0. The molecule has 2 fully saturated rings. The molecule has 0 radical (unpaired) electrons. The Morgan fingerprint density at radius 2 is 1.63 bits per heavy atom. The molecule has 2 aliphatic rings. The third kappa shape index (κ3) is 5.13. The highest BCUT2D eigenvalue weighted by Crippen LogP contribution is 2.21. The highest BCUT2D eigenvalue weighted by Gasteiger charge is 2.24. The minimum atomic E-state index is 0.244. The highest BCUT2D eigenvalue weighted by molar-refractivity contribution is 5.78. The molecular weight excluding hydrogens is 236 g/mol. The van der Waals surface area contributed by atoms with Crippen LogP contribution in [0.1, 0.15) is 58.8 Å². The van der Waals surface area contributed by atoms with E-state index in [0.717, 1.165) is 24.9 Å². The van der Waals surface area contributed by atoms with E-state index in [0.29, 0.717) is 12.6 Å². The standard InChI is InChI=1S/C16H30N2O/c1-13-9-14(2)11-18(10-13)12-16(19)17-15-7-5-3-4-6-8-15/h13-15H,3-12H2,1-2H3,(H,17,19)/t13-,14-/m1/s1. The number of nitrogens with one attached hydrogen (secondary N) is 1. The van der Waals surface area contributed by atoms with Crippen molar-refractivity contribution in [3.8, 4) is 0 Å². The molecule has 1 saturated carbocycles. The molecule has 1 amide bonds. The van der Waals surface area contributed by atoms with Crippen molar-refractivity contribution in [2.45, 2.75) is 64.8 Å². The van der Waals surface area contributed by atoms with E-state index in [4.69, 9.17) is 0 Å². The molecule has 1 saturated heterocycles. The van der Waals surface area contributed by atoms with Crippen molar-refractivity contribution in [2.24, 2.45) is 11.8 Å². The molecule has 3 heteroatoms. The summed E-state index contributed by atoms with van der Waals surface area (Å²) in [6.07, 6.45) is 8.91. The highest BCUT2D eigenvalue weighted by atomic mass is 16.2. The number of hydrogen-bond donors (Lipinski definition) is 1. The summed E-state index contributed by atoms with van der Waals surface area (Å²) in [5.41, 5.74) is 0. The van der Waals surface area contributed by atoms with Crippen molar-refractivity contribution in [3.63, 3.8) is 0 Å². The van der Waals surface area contributed by atoms with E-state index in [1.165, 1.54) is 44.9 Å². The van der Waals surface area contributed by atoms with Crippen molar-refractivity contribution >= 4 is 5.91 Å². The molecule has 1 N–H and O–H groups in total. The Morgan fingerprint density at radius 1 is 1.05 bits per heavy atom. The second-order valence-electron chi connectivity index (χ2n) is 6.90. The Morgan fingerprint density at radius 3 is 2.21 bits per heavy atom. The fourth-order valence-corrected chi connectivity index (χ4v) is 3.82. The van der Waals surface area contributed by atoms with Crippen LogP contribution in [0, 0.1) is 11.8 Å². The van der Waals surface area contributed by atoms with Gasteiger partial charge in [0.05, 0.1) is 6.54 Å². The van der Waals surface area contributed by atoms with Crippen LogP contribution in [0.2, 0.25) is 0 Å². The molecule has 1 heterocycles. The van der Waals surface area contributed by atoms with Gasteiger partial charge in [-0.3, -0.25) is 9.69 Å². The first-order chi connectivity index (χ1) is 9.13. The first kappa shape index (κ1) is 14.8. The van der Waals surface area contributed by atoms with Gasteiger partial charge in [0.2, 0.25) is 5.91 Å². The minimum absolute atomic E-state index is 0.244. The zero-order chi connectivity index (χ0) is 13.7. The molecule has 0 aromatic carbocycles. The molecule has 0 unspecified atom stereocenters. The number of nitrogens with zero attached hydrogens (tertiary/aromatic N) is 1. The van der Waals surface area contributed by atoms with Gasteiger partial charge in [0.1, 0.15) is 0 Å². The third-order valence-corrected chi connectivity index (χ3v) is 4.53. The number of carbonyl (C=O) groups excluding carboxylic acids is 1.